The molecule has 2 atom stereocenters. The van der Waals surface area contributed by atoms with E-state index in [4.69, 9.17) is 4.74 Å². The zero-order valence-electron chi connectivity index (χ0n) is 9.97. The van der Waals surface area contributed by atoms with Crippen molar-refractivity contribution < 1.29 is 18.3 Å². The van der Waals surface area contributed by atoms with Gasteiger partial charge in [0.25, 0.3) is 0 Å². The third kappa shape index (κ3) is 2.87. The number of benzene rings is 1. The maximum absolute atomic E-state index is 11.4. The average molecular weight is 335 g/mol. The van der Waals surface area contributed by atoms with Crippen molar-refractivity contribution in [2.75, 3.05) is 18.6 Å². The molecule has 18 heavy (non-hydrogen) atoms. The first kappa shape index (κ1) is 13.8. The maximum Gasteiger partial charge on any atom is 0.150 e. The first-order valence-electron chi connectivity index (χ1n) is 5.65. The van der Waals surface area contributed by atoms with Crippen LogP contribution in [0.25, 0.3) is 0 Å². The molecule has 0 aliphatic carbocycles. The molecule has 1 aromatic rings. The zero-order chi connectivity index (χ0) is 13.3. The van der Waals surface area contributed by atoms with Crippen LogP contribution in [0, 0.1) is 5.92 Å². The summed E-state index contributed by atoms with van der Waals surface area (Å²) in [6.45, 7) is 0. The van der Waals surface area contributed by atoms with E-state index >= 15 is 0 Å². The number of aliphatic hydroxyl groups excluding tert-OH is 1. The first-order valence-corrected chi connectivity index (χ1v) is 8.26. The Morgan fingerprint density at radius 2 is 2.22 bits per heavy atom. The van der Waals surface area contributed by atoms with Crippen molar-refractivity contribution in [2.45, 2.75) is 12.5 Å². The monoisotopic (exact) mass is 334 g/mol. The Labute approximate surface area is 115 Å². The lowest BCUT2D eigenvalue weighted by Gasteiger charge is -2.19. The summed E-state index contributed by atoms with van der Waals surface area (Å²) >= 11 is 3.34. The van der Waals surface area contributed by atoms with Gasteiger partial charge in [0, 0.05) is 16.0 Å². The van der Waals surface area contributed by atoms with Crippen LogP contribution in [0.4, 0.5) is 0 Å². The summed E-state index contributed by atoms with van der Waals surface area (Å²) in [6, 6.07) is 5.35. The van der Waals surface area contributed by atoms with Crippen LogP contribution in [0.5, 0.6) is 5.75 Å². The Hall–Kier alpha value is -0.590. The molecule has 2 unspecified atom stereocenters. The molecule has 1 fully saturated rings. The summed E-state index contributed by atoms with van der Waals surface area (Å²) in [4.78, 5) is 0. The molecular weight excluding hydrogens is 320 g/mol. The third-order valence-electron chi connectivity index (χ3n) is 3.22. The summed E-state index contributed by atoms with van der Waals surface area (Å²) in [5.41, 5.74) is 0.633. The van der Waals surface area contributed by atoms with Crippen LogP contribution in [0.2, 0.25) is 0 Å². The molecule has 100 valence electrons. The Morgan fingerprint density at radius 1 is 1.50 bits per heavy atom. The normalized spacial score (nSPS) is 23.8. The van der Waals surface area contributed by atoms with Crippen molar-refractivity contribution in [1.29, 1.82) is 0 Å². The molecule has 0 saturated carbocycles. The van der Waals surface area contributed by atoms with Gasteiger partial charge in [0.1, 0.15) is 5.75 Å². The van der Waals surface area contributed by atoms with Gasteiger partial charge in [0.2, 0.25) is 0 Å². The summed E-state index contributed by atoms with van der Waals surface area (Å²) in [5.74, 6) is 0.530. The molecule has 0 bridgehead atoms. The number of rotatable bonds is 3. The molecule has 1 N–H and O–H groups in total. The number of halogens is 1. The fraction of sp³-hybridized carbons (Fsp3) is 0.500. The van der Waals surface area contributed by atoms with E-state index in [9.17, 15) is 13.5 Å². The van der Waals surface area contributed by atoms with Gasteiger partial charge in [-0.1, -0.05) is 15.9 Å². The van der Waals surface area contributed by atoms with Gasteiger partial charge in [0.15, 0.2) is 9.84 Å². The number of hydrogen-bond donors (Lipinski definition) is 1. The number of methoxy groups -OCH3 is 1. The van der Waals surface area contributed by atoms with Gasteiger partial charge in [-0.25, -0.2) is 8.42 Å². The van der Waals surface area contributed by atoms with Crippen LogP contribution >= 0.6 is 15.9 Å². The molecule has 0 aromatic heterocycles. The van der Waals surface area contributed by atoms with Crippen molar-refractivity contribution in [3.05, 3.63) is 28.2 Å². The van der Waals surface area contributed by atoms with E-state index in [2.05, 4.69) is 15.9 Å². The second-order valence-corrected chi connectivity index (χ2v) is 7.64. The summed E-state index contributed by atoms with van der Waals surface area (Å²) in [5, 5.41) is 10.3. The highest BCUT2D eigenvalue weighted by Crippen LogP contribution is 2.36. The molecule has 0 spiro atoms. The highest BCUT2D eigenvalue weighted by molar-refractivity contribution is 9.10. The maximum atomic E-state index is 11.4. The van der Waals surface area contributed by atoms with Crippen LogP contribution in [0.3, 0.4) is 0 Å². The molecule has 2 rings (SSSR count). The molecule has 1 aliphatic rings. The zero-order valence-corrected chi connectivity index (χ0v) is 12.4. The van der Waals surface area contributed by atoms with Crippen molar-refractivity contribution in [3.8, 4) is 5.75 Å². The van der Waals surface area contributed by atoms with Crippen LogP contribution in [0.15, 0.2) is 22.7 Å². The number of ether oxygens (including phenoxy) is 1. The Morgan fingerprint density at radius 3 is 2.78 bits per heavy atom. The van der Waals surface area contributed by atoms with E-state index in [0.29, 0.717) is 17.7 Å². The third-order valence-corrected chi connectivity index (χ3v) is 5.51. The fourth-order valence-electron chi connectivity index (χ4n) is 2.26. The first-order chi connectivity index (χ1) is 8.43. The Bertz CT molecular complexity index is 541. The quantitative estimate of drug-likeness (QED) is 0.917. The number of hydrogen-bond acceptors (Lipinski definition) is 4. The SMILES string of the molecule is COc1ccc(Br)cc1C(O)C1CCS(=O)(=O)C1. The topological polar surface area (TPSA) is 63.6 Å². The molecular formula is C12H15BrO4S. The summed E-state index contributed by atoms with van der Waals surface area (Å²) < 4.78 is 28.9. The largest absolute Gasteiger partial charge is 0.496 e. The Balaban J connectivity index is 2.28. The lowest BCUT2D eigenvalue weighted by molar-refractivity contribution is 0.118. The van der Waals surface area contributed by atoms with E-state index in [1.165, 1.54) is 7.11 Å². The Kier molecular flexibility index (Phi) is 3.99. The van der Waals surface area contributed by atoms with Crippen LogP contribution in [-0.4, -0.2) is 32.1 Å². The van der Waals surface area contributed by atoms with Gasteiger partial charge < -0.3 is 9.84 Å². The minimum absolute atomic E-state index is 0.0455. The van der Waals surface area contributed by atoms with Crippen LogP contribution in [-0.2, 0) is 9.84 Å². The van der Waals surface area contributed by atoms with E-state index in [0.717, 1.165) is 4.47 Å². The highest BCUT2D eigenvalue weighted by atomic mass is 79.9. The van der Waals surface area contributed by atoms with Gasteiger partial charge in [-0.05, 0) is 24.6 Å². The highest BCUT2D eigenvalue weighted by Gasteiger charge is 2.34. The van der Waals surface area contributed by atoms with E-state index in [1.807, 2.05) is 6.07 Å². The second kappa shape index (κ2) is 5.19. The van der Waals surface area contributed by atoms with E-state index in [-0.39, 0.29) is 17.4 Å². The predicted octanol–water partition coefficient (Wildman–Crippen LogP) is 1.93. The van der Waals surface area contributed by atoms with E-state index in [1.54, 1.807) is 12.1 Å². The predicted molar refractivity (Wildman–Crippen MR) is 72.4 cm³/mol. The van der Waals surface area contributed by atoms with Crippen molar-refractivity contribution in [1.82, 2.24) is 0 Å². The molecule has 1 aliphatic heterocycles. The van der Waals surface area contributed by atoms with Crippen LogP contribution in [0.1, 0.15) is 18.1 Å². The fourth-order valence-corrected chi connectivity index (χ4v) is 4.47. The second-order valence-electron chi connectivity index (χ2n) is 4.49. The summed E-state index contributed by atoms with van der Waals surface area (Å²) in [6.07, 6.45) is -0.311. The lowest BCUT2D eigenvalue weighted by atomic mass is 9.95. The van der Waals surface area contributed by atoms with Crippen molar-refractivity contribution in [2.24, 2.45) is 5.92 Å². The minimum atomic E-state index is -2.99. The van der Waals surface area contributed by atoms with Crippen molar-refractivity contribution >= 4 is 25.8 Å². The summed E-state index contributed by atoms with van der Waals surface area (Å²) in [7, 11) is -1.46. The number of sulfone groups is 1. The number of aliphatic hydroxyl groups is 1. The van der Waals surface area contributed by atoms with Crippen molar-refractivity contribution in [3.63, 3.8) is 0 Å². The standard InChI is InChI=1S/C12H15BrO4S/c1-17-11-3-2-9(13)6-10(11)12(14)8-4-5-18(15,16)7-8/h2-3,6,8,12,14H,4-5,7H2,1H3. The molecule has 1 heterocycles. The van der Waals surface area contributed by atoms with Gasteiger partial charge in [-0.3, -0.25) is 0 Å². The lowest BCUT2D eigenvalue weighted by Crippen LogP contribution is -2.15. The molecule has 0 radical (unpaired) electrons. The van der Waals surface area contributed by atoms with Gasteiger partial charge in [-0.15, -0.1) is 0 Å². The average Bonchev–Trinajstić information content (AvgIpc) is 2.68. The smallest absolute Gasteiger partial charge is 0.150 e. The molecule has 6 heteroatoms. The van der Waals surface area contributed by atoms with Gasteiger partial charge >= 0.3 is 0 Å². The van der Waals surface area contributed by atoms with Crippen LogP contribution < -0.4 is 4.74 Å². The van der Waals surface area contributed by atoms with Gasteiger partial charge in [-0.2, -0.15) is 0 Å². The minimum Gasteiger partial charge on any atom is -0.496 e. The van der Waals surface area contributed by atoms with E-state index < -0.39 is 15.9 Å². The molecule has 1 aromatic carbocycles. The molecule has 4 nitrogen and oxygen atoms in total. The van der Waals surface area contributed by atoms with Gasteiger partial charge in [0.05, 0.1) is 24.7 Å². The molecule has 0 amide bonds. The molecule has 1 saturated heterocycles.